The third-order valence-corrected chi connectivity index (χ3v) is 2.52. The van der Waals surface area contributed by atoms with Crippen LogP contribution in [0.2, 0.25) is 0 Å². The molecule has 0 aliphatic heterocycles. The lowest BCUT2D eigenvalue weighted by Crippen LogP contribution is -2.19. The van der Waals surface area contributed by atoms with Crippen molar-refractivity contribution in [1.29, 1.82) is 0 Å². The van der Waals surface area contributed by atoms with Crippen molar-refractivity contribution in [1.82, 2.24) is 0 Å². The molecule has 0 N–H and O–H groups in total. The SMILES string of the molecule is CC(C)OC(=O)COc1cc(F)c(Br)cc1[N+](=O)[O-]. The number of esters is 1. The van der Waals surface area contributed by atoms with Crippen molar-refractivity contribution in [2.45, 2.75) is 20.0 Å². The zero-order valence-electron chi connectivity index (χ0n) is 10.2. The molecular formula is C11H11BrFNO5. The van der Waals surface area contributed by atoms with Crippen molar-refractivity contribution in [3.05, 3.63) is 32.5 Å². The Morgan fingerprint density at radius 2 is 2.16 bits per heavy atom. The molecule has 8 heteroatoms. The highest BCUT2D eigenvalue weighted by atomic mass is 79.9. The van der Waals surface area contributed by atoms with Crippen molar-refractivity contribution in [3.8, 4) is 5.75 Å². The van der Waals surface area contributed by atoms with Gasteiger partial charge in [-0.25, -0.2) is 9.18 Å². The number of carbonyl (C=O) groups is 1. The van der Waals surface area contributed by atoms with E-state index in [4.69, 9.17) is 9.47 Å². The number of ether oxygens (including phenoxy) is 2. The van der Waals surface area contributed by atoms with Gasteiger partial charge in [0.1, 0.15) is 5.82 Å². The molecule has 0 saturated heterocycles. The van der Waals surface area contributed by atoms with E-state index in [2.05, 4.69) is 15.9 Å². The fourth-order valence-corrected chi connectivity index (χ4v) is 1.54. The molecule has 1 rings (SSSR count). The maximum absolute atomic E-state index is 13.3. The molecule has 0 saturated carbocycles. The maximum atomic E-state index is 13.3. The van der Waals surface area contributed by atoms with Crippen LogP contribution in [0.25, 0.3) is 0 Å². The fraction of sp³-hybridized carbons (Fsp3) is 0.364. The molecule has 6 nitrogen and oxygen atoms in total. The highest BCUT2D eigenvalue weighted by Gasteiger charge is 2.20. The van der Waals surface area contributed by atoms with Crippen molar-refractivity contribution < 1.29 is 23.6 Å². The predicted molar refractivity (Wildman–Crippen MR) is 67.5 cm³/mol. The number of nitro groups is 1. The first-order valence-electron chi connectivity index (χ1n) is 5.27. The van der Waals surface area contributed by atoms with E-state index >= 15 is 0 Å². The van der Waals surface area contributed by atoms with Crippen molar-refractivity contribution >= 4 is 27.6 Å². The van der Waals surface area contributed by atoms with Gasteiger partial charge in [-0.3, -0.25) is 10.1 Å². The minimum absolute atomic E-state index is 0.0590. The molecule has 0 fully saturated rings. The maximum Gasteiger partial charge on any atom is 0.344 e. The second kappa shape index (κ2) is 6.46. The molecule has 1 aromatic carbocycles. The van der Waals surface area contributed by atoms with Crippen molar-refractivity contribution in [2.24, 2.45) is 0 Å². The monoisotopic (exact) mass is 335 g/mol. The van der Waals surface area contributed by atoms with Gasteiger partial charge >= 0.3 is 11.7 Å². The van der Waals surface area contributed by atoms with E-state index in [0.717, 1.165) is 12.1 Å². The summed E-state index contributed by atoms with van der Waals surface area (Å²) in [6.07, 6.45) is -0.326. The van der Waals surface area contributed by atoms with E-state index in [0.29, 0.717) is 0 Å². The summed E-state index contributed by atoms with van der Waals surface area (Å²) in [7, 11) is 0. The normalized spacial score (nSPS) is 10.4. The van der Waals surface area contributed by atoms with Gasteiger partial charge in [0.2, 0.25) is 5.75 Å². The topological polar surface area (TPSA) is 78.7 Å². The van der Waals surface area contributed by atoms with Gasteiger partial charge in [-0.1, -0.05) is 0 Å². The van der Waals surface area contributed by atoms with E-state index in [9.17, 15) is 19.3 Å². The predicted octanol–water partition coefficient (Wildman–Crippen LogP) is 2.83. The number of benzene rings is 1. The molecule has 0 bridgehead atoms. The molecule has 19 heavy (non-hydrogen) atoms. The quantitative estimate of drug-likeness (QED) is 0.469. The summed E-state index contributed by atoms with van der Waals surface area (Å²) in [5, 5.41) is 10.8. The van der Waals surface area contributed by atoms with Crippen LogP contribution in [0.4, 0.5) is 10.1 Å². The van der Waals surface area contributed by atoms with E-state index in [1.807, 2.05) is 0 Å². The zero-order valence-corrected chi connectivity index (χ0v) is 11.8. The lowest BCUT2D eigenvalue weighted by molar-refractivity contribution is -0.386. The first-order chi connectivity index (χ1) is 8.81. The molecule has 0 heterocycles. The number of hydrogen-bond donors (Lipinski definition) is 0. The summed E-state index contributed by atoms with van der Waals surface area (Å²) in [5.41, 5.74) is -0.439. The Bertz CT molecular complexity index is 506. The molecule has 0 radical (unpaired) electrons. The third kappa shape index (κ3) is 4.47. The Labute approximate surface area is 116 Å². The van der Waals surface area contributed by atoms with Gasteiger partial charge in [-0.15, -0.1) is 0 Å². The zero-order chi connectivity index (χ0) is 14.6. The van der Waals surface area contributed by atoms with E-state index < -0.39 is 29.0 Å². The lowest BCUT2D eigenvalue weighted by Gasteiger charge is -2.09. The largest absolute Gasteiger partial charge is 0.475 e. The van der Waals surface area contributed by atoms with Gasteiger partial charge in [-0.2, -0.15) is 0 Å². The Morgan fingerprint density at radius 1 is 1.53 bits per heavy atom. The van der Waals surface area contributed by atoms with Gasteiger partial charge < -0.3 is 9.47 Å². The summed E-state index contributed by atoms with van der Waals surface area (Å²) in [6, 6.07) is 1.81. The summed E-state index contributed by atoms with van der Waals surface area (Å²) in [5.74, 6) is -1.74. The van der Waals surface area contributed by atoms with Crippen LogP contribution in [0.15, 0.2) is 16.6 Å². The lowest BCUT2D eigenvalue weighted by atomic mass is 10.3. The van der Waals surface area contributed by atoms with E-state index in [1.54, 1.807) is 13.8 Å². The van der Waals surface area contributed by atoms with Crippen LogP contribution < -0.4 is 4.74 Å². The van der Waals surface area contributed by atoms with Crippen LogP contribution in [-0.2, 0) is 9.53 Å². The Kier molecular flexibility index (Phi) is 5.22. The molecule has 0 spiro atoms. The molecule has 0 aliphatic carbocycles. The first-order valence-corrected chi connectivity index (χ1v) is 6.06. The van der Waals surface area contributed by atoms with Gasteiger partial charge in [0, 0.05) is 12.1 Å². The Morgan fingerprint density at radius 3 is 2.68 bits per heavy atom. The van der Waals surface area contributed by atoms with Gasteiger partial charge in [0.15, 0.2) is 6.61 Å². The molecule has 0 aliphatic rings. The average molecular weight is 336 g/mol. The molecule has 0 aromatic heterocycles. The number of nitrogens with zero attached hydrogens (tertiary/aromatic N) is 1. The van der Waals surface area contributed by atoms with E-state index in [1.165, 1.54) is 0 Å². The molecule has 104 valence electrons. The fourth-order valence-electron chi connectivity index (χ4n) is 1.21. The van der Waals surface area contributed by atoms with Crippen LogP contribution in [0.5, 0.6) is 5.75 Å². The summed E-state index contributed by atoms with van der Waals surface area (Å²) in [4.78, 5) is 21.3. The van der Waals surface area contributed by atoms with Gasteiger partial charge in [0.25, 0.3) is 0 Å². The Hall–Kier alpha value is -1.70. The third-order valence-electron chi connectivity index (χ3n) is 1.91. The number of hydrogen-bond acceptors (Lipinski definition) is 5. The highest BCUT2D eigenvalue weighted by molar-refractivity contribution is 9.10. The number of nitro benzene ring substituents is 1. The summed E-state index contributed by atoms with van der Waals surface area (Å²) < 4.78 is 22.9. The molecule has 0 unspecified atom stereocenters. The molecule has 0 amide bonds. The van der Waals surface area contributed by atoms with Crippen LogP contribution >= 0.6 is 15.9 Å². The molecular weight excluding hydrogens is 325 g/mol. The minimum atomic E-state index is -0.729. The molecule has 0 atom stereocenters. The minimum Gasteiger partial charge on any atom is -0.475 e. The van der Waals surface area contributed by atoms with E-state index in [-0.39, 0.29) is 16.3 Å². The second-order valence-electron chi connectivity index (χ2n) is 3.82. The smallest absolute Gasteiger partial charge is 0.344 e. The standard InChI is InChI=1S/C11H11BrFNO5/c1-6(2)19-11(15)5-18-10-4-8(13)7(12)3-9(10)14(16)17/h3-4,6H,5H2,1-2H3. The summed E-state index contributed by atoms with van der Waals surface area (Å²) in [6.45, 7) is 2.78. The molecule has 1 aromatic rings. The van der Waals surface area contributed by atoms with Crippen LogP contribution in [-0.4, -0.2) is 23.6 Å². The average Bonchev–Trinajstić information content (AvgIpc) is 2.29. The summed E-state index contributed by atoms with van der Waals surface area (Å²) >= 11 is 2.83. The first kappa shape index (κ1) is 15.4. The van der Waals surface area contributed by atoms with Crippen molar-refractivity contribution in [3.63, 3.8) is 0 Å². The Balaban J connectivity index is 2.85. The van der Waals surface area contributed by atoms with Crippen LogP contribution in [0.3, 0.4) is 0 Å². The van der Waals surface area contributed by atoms with Gasteiger partial charge in [-0.05, 0) is 29.8 Å². The highest BCUT2D eigenvalue weighted by Crippen LogP contribution is 2.32. The second-order valence-corrected chi connectivity index (χ2v) is 4.67. The van der Waals surface area contributed by atoms with Crippen LogP contribution in [0.1, 0.15) is 13.8 Å². The van der Waals surface area contributed by atoms with Crippen molar-refractivity contribution in [2.75, 3.05) is 6.61 Å². The number of rotatable bonds is 5. The number of halogens is 2. The van der Waals surface area contributed by atoms with Gasteiger partial charge in [0.05, 0.1) is 15.5 Å². The van der Waals surface area contributed by atoms with Crippen LogP contribution in [0, 0.1) is 15.9 Å². The number of carbonyl (C=O) groups excluding carboxylic acids is 1.